The molecule has 0 fully saturated rings. The summed E-state index contributed by atoms with van der Waals surface area (Å²) in [4.78, 5) is 10.0. The van der Waals surface area contributed by atoms with Crippen molar-refractivity contribution >= 4 is 31.6 Å². The summed E-state index contributed by atoms with van der Waals surface area (Å²) in [6.45, 7) is 0.258. The fourth-order valence-corrected chi connectivity index (χ4v) is 2.49. The Balaban J connectivity index is 2.27. The highest BCUT2D eigenvalue weighted by atomic mass is 79.9. The lowest BCUT2D eigenvalue weighted by atomic mass is 10.2. The molecule has 20 heavy (non-hydrogen) atoms. The van der Waals surface area contributed by atoms with Crippen molar-refractivity contribution in [1.82, 2.24) is 9.78 Å². The number of aromatic nitrogens is 2. The largest absolute Gasteiger partial charge is 0.270 e. The lowest BCUT2D eigenvalue weighted by Gasteiger charge is -2.04. The van der Waals surface area contributed by atoms with Crippen molar-refractivity contribution in [3.05, 3.63) is 50.7 Å². The van der Waals surface area contributed by atoms with Crippen LogP contribution in [0.1, 0.15) is 5.56 Å². The predicted octanol–water partition coefficient (Wildman–Crippen LogP) is 1.25. The zero-order valence-corrected chi connectivity index (χ0v) is 12.3. The van der Waals surface area contributed by atoms with E-state index in [9.17, 15) is 18.5 Å². The maximum atomic E-state index is 11.1. The van der Waals surface area contributed by atoms with E-state index in [2.05, 4.69) is 21.0 Å². The maximum Gasteiger partial charge on any atom is 0.270 e. The van der Waals surface area contributed by atoms with Crippen LogP contribution in [0.25, 0.3) is 0 Å². The SMILES string of the molecule is NS(=O)(=O)c1cnn(Cc2ccc([N+](=O)[O-])cc2Br)c1. The molecule has 0 radical (unpaired) electrons. The third kappa shape index (κ3) is 3.21. The van der Waals surface area contributed by atoms with Crippen LogP contribution >= 0.6 is 15.9 Å². The van der Waals surface area contributed by atoms with E-state index >= 15 is 0 Å². The minimum Gasteiger partial charge on any atom is -0.267 e. The van der Waals surface area contributed by atoms with Gasteiger partial charge in [-0.25, -0.2) is 13.6 Å². The molecular formula is C10H9BrN4O4S. The minimum absolute atomic E-state index is 0.0358. The van der Waals surface area contributed by atoms with Crippen LogP contribution in [0, 0.1) is 10.1 Å². The number of nitrogens with two attached hydrogens (primary N) is 1. The molecule has 0 spiro atoms. The molecule has 0 bridgehead atoms. The van der Waals surface area contributed by atoms with Crippen molar-refractivity contribution in [3.8, 4) is 0 Å². The van der Waals surface area contributed by atoms with Gasteiger partial charge in [0.05, 0.1) is 17.7 Å². The predicted molar refractivity (Wildman–Crippen MR) is 73.5 cm³/mol. The lowest BCUT2D eigenvalue weighted by molar-refractivity contribution is -0.384. The Bertz CT molecular complexity index is 771. The van der Waals surface area contributed by atoms with Crippen LogP contribution in [0.5, 0.6) is 0 Å². The van der Waals surface area contributed by atoms with Crippen LogP contribution < -0.4 is 5.14 Å². The van der Waals surface area contributed by atoms with Gasteiger partial charge in [0.15, 0.2) is 0 Å². The average Bonchev–Trinajstić information content (AvgIpc) is 2.80. The monoisotopic (exact) mass is 360 g/mol. The van der Waals surface area contributed by atoms with Crippen LogP contribution in [0.3, 0.4) is 0 Å². The van der Waals surface area contributed by atoms with E-state index in [4.69, 9.17) is 5.14 Å². The zero-order chi connectivity index (χ0) is 14.9. The van der Waals surface area contributed by atoms with Crippen LogP contribution in [-0.2, 0) is 16.6 Å². The van der Waals surface area contributed by atoms with Gasteiger partial charge in [-0.2, -0.15) is 5.10 Å². The molecule has 0 aliphatic heterocycles. The Morgan fingerprint density at radius 3 is 2.65 bits per heavy atom. The number of hydrogen-bond donors (Lipinski definition) is 1. The van der Waals surface area contributed by atoms with E-state index in [0.29, 0.717) is 4.47 Å². The van der Waals surface area contributed by atoms with Crippen molar-refractivity contribution in [2.45, 2.75) is 11.4 Å². The van der Waals surface area contributed by atoms with Gasteiger partial charge < -0.3 is 0 Å². The summed E-state index contributed by atoms with van der Waals surface area (Å²) >= 11 is 3.23. The third-order valence-corrected chi connectivity index (χ3v) is 4.12. The number of non-ortho nitro benzene ring substituents is 1. The summed E-state index contributed by atoms with van der Waals surface area (Å²) in [5.41, 5.74) is 0.686. The minimum atomic E-state index is -3.79. The quantitative estimate of drug-likeness (QED) is 0.649. The topological polar surface area (TPSA) is 121 Å². The van der Waals surface area contributed by atoms with Gasteiger partial charge in [-0.05, 0) is 11.6 Å². The fourth-order valence-electron chi connectivity index (χ4n) is 1.53. The number of nitro benzene ring substituents is 1. The summed E-state index contributed by atoms with van der Waals surface area (Å²) in [6.07, 6.45) is 2.44. The molecule has 0 saturated heterocycles. The first kappa shape index (κ1) is 14.6. The molecular weight excluding hydrogens is 352 g/mol. The smallest absolute Gasteiger partial charge is 0.267 e. The molecule has 1 aromatic carbocycles. The summed E-state index contributed by atoms with van der Waals surface area (Å²) in [7, 11) is -3.79. The maximum absolute atomic E-state index is 11.1. The first-order valence-corrected chi connectivity index (χ1v) is 7.59. The molecule has 8 nitrogen and oxygen atoms in total. The van der Waals surface area contributed by atoms with E-state index in [-0.39, 0.29) is 17.1 Å². The van der Waals surface area contributed by atoms with E-state index in [1.807, 2.05) is 0 Å². The van der Waals surface area contributed by atoms with E-state index in [1.54, 1.807) is 6.07 Å². The highest BCUT2D eigenvalue weighted by Gasteiger charge is 2.13. The number of sulfonamides is 1. The third-order valence-electron chi connectivity index (χ3n) is 2.52. The molecule has 10 heteroatoms. The molecule has 0 aliphatic rings. The summed E-state index contributed by atoms with van der Waals surface area (Å²) in [5.74, 6) is 0. The summed E-state index contributed by atoms with van der Waals surface area (Å²) < 4.78 is 24.2. The average molecular weight is 361 g/mol. The van der Waals surface area contributed by atoms with Gasteiger partial charge in [0, 0.05) is 22.8 Å². The lowest BCUT2D eigenvalue weighted by Crippen LogP contribution is -2.11. The van der Waals surface area contributed by atoms with Crippen molar-refractivity contribution < 1.29 is 13.3 Å². The second-order valence-corrected chi connectivity index (χ2v) is 6.37. The van der Waals surface area contributed by atoms with Crippen molar-refractivity contribution in [2.75, 3.05) is 0 Å². The van der Waals surface area contributed by atoms with Gasteiger partial charge in [0.25, 0.3) is 5.69 Å². The second kappa shape index (κ2) is 5.31. The van der Waals surface area contributed by atoms with Crippen LogP contribution in [-0.4, -0.2) is 23.1 Å². The fraction of sp³-hybridized carbons (Fsp3) is 0.100. The Morgan fingerprint density at radius 2 is 2.15 bits per heavy atom. The van der Waals surface area contributed by atoms with Gasteiger partial charge in [-0.3, -0.25) is 14.8 Å². The van der Waals surface area contributed by atoms with Gasteiger partial charge >= 0.3 is 0 Å². The first-order chi connectivity index (χ1) is 9.27. The standard InChI is InChI=1S/C10H9BrN4O4S/c11-10-3-8(15(16)17)2-1-7(10)5-14-6-9(4-13-14)20(12,18)19/h1-4,6H,5H2,(H2,12,18,19). The van der Waals surface area contributed by atoms with E-state index in [0.717, 1.165) is 11.8 Å². The second-order valence-electron chi connectivity index (χ2n) is 3.95. The molecule has 2 N–H and O–H groups in total. The van der Waals surface area contributed by atoms with Crippen molar-refractivity contribution in [3.63, 3.8) is 0 Å². The molecule has 2 aromatic rings. The van der Waals surface area contributed by atoms with E-state index in [1.165, 1.54) is 23.0 Å². The van der Waals surface area contributed by atoms with Gasteiger partial charge in [0.2, 0.25) is 10.0 Å². The Morgan fingerprint density at radius 1 is 1.45 bits per heavy atom. The zero-order valence-electron chi connectivity index (χ0n) is 9.93. The summed E-state index contributed by atoms with van der Waals surface area (Å²) in [5, 5.41) is 19.5. The molecule has 1 aromatic heterocycles. The number of rotatable bonds is 4. The van der Waals surface area contributed by atoms with Crippen molar-refractivity contribution in [2.24, 2.45) is 5.14 Å². The Hall–Kier alpha value is -1.78. The first-order valence-electron chi connectivity index (χ1n) is 5.25. The van der Waals surface area contributed by atoms with Gasteiger partial charge in [0.1, 0.15) is 4.90 Å². The van der Waals surface area contributed by atoms with Crippen LogP contribution in [0.2, 0.25) is 0 Å². The Kier molecular flexibility index (Phi) is 3.88. The number of hydrogen-bond acceptors (Lipinski definition) is 5. The van der Waals surface area contributed by atoms with Crippen LogP contribution in [0.15, 0.2) is 40.0 Å². The summed E-state index contributed by atoms with van der Waals surface area (Å²) in [6, 6.07) is 4.31. The number of nitro groups is 1. The highest BCUT2D eigenvalue weighted by Crippen LogP contribution is 2.23. The molecule has 0 aliphatic carbocycles. The Labute approximate surface area is 122 Å². The molecule has 0 amide bonds. The number of halogens is 1. The molecule has 0 atom stereocenters. The van der Waals surface area contributed by atoms with Gasteiger partial charge in [-0.15, -0.1) is 0 Å². The molecule has 1 heterocycles. The molecule has 0 saturated carbocycles. The van der Waals surface area contributed by atoms with Crippen LogP contribution in [0.4, 0.5) is 5.69 Å². The highest BCUT2D eigenvalue weighted by molar-refractivity contribution is 9.10. The molecule has 106 valence electrons. The number of nitrogens with zero attached hydrogens (tertiary/aromatic N) is 3. The number of primary sulfonamides is 1. The molecule has 0 unspecified atom stereocenters. The van der Waals surface area contributed by atoms with Crippen molar-refractivity contribution in [1.29, 1.82) is 0 Å². The van der Waals surface area contributed by atoms with Gasteiger partial charge in [-0.1, -0.05) is 15.9 Å². The van der Waals surface area contributed by atoms with E-state index < -0.39 is 14.9 Å². The molecule has 2 rings (SSSR count). The number of benzene rings is 1. The normalized spacial score (nSPS) is 11.5.